The molecule has 2 aromatic rings. The van der Waals surface area contributed by atoms with Gasteiger partial charge in [0.1, 0.15) is 0 Å². The summed E-state index contributed by atoms with van der Waals surface area (Å²) in [6, 6.07) is 10.3. The van der Waals surface area contributed by atoms with Crippen molar-refractivity contribution in [2.45, 2.75) is 18.9 Å². The van der Waals surface area contributed by atoms with Gasteiger partial charge in [-0.3, -0.25) is 9.59 Å². The van der Waals surface area contributed by atoms with Gasteiger partial charge in [-0.25, -0.2) is 0 Å². The maximum atomic E-state index is 12.8. The van der Waals surface area contributed by atoms with E-state index in [-0.39, 0.29) is 17.9 Å². The van der Waals surface area contributed by atoms with E-state index in [1.165, 1.54) is 21.3 Å². The highest BCUT2D eigenvalue weighted by atomic mass is 16.5. The summed E-state index contributed by atoms with van der Waals surface area (Å²) >= 11 is 0. The quantitative estimate of drug-likeness (QED) is 0.705. The molecule has 0 aromatic heterocycles. The van der Waals surface area contributed by atoms with E-state index >= 15 is 0 Å². The third-order valence-electron chi connectivity index (χ3n) is 5.24. The highest BCUT2D eigenvalue weighted by Crippen LogP contribution is 2.38. The number of hydrogen-bond acceptors (Lipinski definition) is 6. The number of anilines is 1. The molecule has 8 heteroatoms. The Bertz CT molecular complexity index is 898. The Balaban J connectivity index is 1.63. The molecule has 8 nitrogen and oxygen atoms in total. The van der Waals surface area contributed by atoms with E-state index in [0.717, 1.165) is 0 Å². The molecule has 0 bridgehead atoms. The average Bonchev–Trinajstić information content (AvgIpc) is 2.78. The smallest absolute Gasteiger partial charge is 0.255 e. The largest absolute Gasteiger partial charge is 0.493 e. The van der Waals surface area contributed by atoms with Gasteiger partial charge >= 0.3 is 0 Å². The van der Waals surface area contributed by atoms with Crippen LogP contribution in [0.4, 0.5) is 5.69 Å². The van der Waals surface area contributed by atoms with Gasteiger partial charge in [0, 0.05) is 30.4 Å². The van der Waals surface area contributed by atoms with Crippen LogP contribution in [0, 0.1) is 0 Å². The molecule has 2 aromatic carbocycles. The van der Waals surface area contributed by atoms with Crippen LogP contribution in [-0.2, 0) is 0 Å². The Morgan fingerprint density at radius 2 is 1.60 bits per heavy atom. The molecule has 0 saturated carbocycles. The van der Waals surface area contributed by atoms with Gasteiger partial charge in [-0.15, -0.1) is 0 Å². The molecule has 30 heavy (non-hydrogen) atoms. The van der Waals surface area contributed by atoms with Gasteiger partial charge in [-0.1, -0.05) is 12.1 Å². The Hall–Kier alpha value is -3.42. The molecular formula is C22H27N3O5. The maximum Gasteiger partial charge on any atom is 0.255 e. The van der Waals surface area contributed by atoms with Crippen LogP contribution in [0.1, 0.15) is 33.6 Å². The van der Waals surface area contributed by atoms with Gasteiger partial charge in [-0.05, 0) is 37.1 Å². The lowest BCUT2D eigenvalue weighted by Gasteiger charge is -2.32. The molecule has 1 aliphatic heterocycles. The first-order valence-electron chi connectivity index (χ1n) is 9.73. The Kier molecular flexibility index (Phi) is 6.66. The van der Waals surface area contributed by atoms with Crippen molar-refractivity contribution < 1.29 is 23.8 Å². The van der Waals surface area contributed by atoms with Crippen LogP contribution in [-0.4, -0.2) is 57.2 Å². The van der Waals surface area contributed by atoms with Crippen molar-refractivity contribution in [3.63, 3.8) is 0 Å². The summed E-state index contributed by atoms with van der Waals surface area (Å²) < 4.78 is 15.9. The van der Waals surface area contributed by atoms with Crippen LogP contribution in [0.3, 0.4) is 0 Å². The minimum atomic E-state index is -0.230. The predicted molar refractivity (Wildman–Crippen MR) is 113 cm³/mol. The topological polar surface area (TPSA) is 103 Å². The van der Waals surface area contributed by atoms with Crippen molar-refractivity contribution in [3.05, 3.63) is 47.5 Å². The lowest BCUT2D eigenvalue weighted by molar-refractivity contribution is 0.0699. The lowest BCUT2D eigenvalue weighted by atomic mass is 10.0. The first-order chi connectivity index (χ1) is 14.5. The third kappa shape index (κ3) is 4.42. The molecule has 160 valence electrons. The number of rotatable bonds is 6. The number of nitrogen functional groups attached to an aromatic ring is 1. The number of piperidine rings is 1. The molecule has 1 heterocycles. The molecule has 0 spiro atoms. The minimum absolute atomic E-state index is 0.0336. The Morgan fingerprint density at radius 1 is 1.00 bits per heavy atom. The van der Waals surface area contributed by atoms with Gasteiger partial charge < -0.3 is 30.2 Å². The zero-order valence-corrected chi connectivity index (χ0v) is 17.4. The van der Waals surface area contributed by atoms with Crippen molar-refractivity contribution in [2.75, 3.05) is 40.2 Å². The Morgan fingerprint density at radius 3 is 2.13 bits per heavy atom. The molecule has 1 saturated heterocycles. The fraction of sp³-hybridized carbons (Fsp3) is 0.364. The van der Waals surface area contributed by atoms with Crippen molar-refractivity contribution in [1.29, 1.82) is 0 Å². The molecular weight excluding hydrogens is 386 g/mol. The van der Waals surface area contributed by atoms with Crippen molar-refractivity contribution in [3.8, 4) is 17.2 Å². The van der Waals surface area contributed by atoms with Crippen LogP contribution < -0.4 is 25.3 Å². The van der Waals surface area contributed by atoms with Gasteiger partial charge in [0.05, 0.1) is 26.9 Å². The van der Waals surface area contributed by atoms with Crippen LogP contribution in [0.25, 0.3) is 0 Å². The molecule has 2 amide bonds. The summed E-state index contributed by atoms with van der Waals surface area (Å²) in [5.41, 5.74) is 7.32. The number of nitrogens with zero attached hydrogens (tertiary/aromatic N) is 1. The molecule has 1 fully saturated rings. The van der Waals surface area contributed by atoms with E-state index in [1.54, 1.807) is 41.3 Å². The van der Waals surface area contributed by atoms with E-state index in [9.17, 15) is 9.59 Å². The van der Waals surface area contributed by atoms with E-state index in [2.05, 4.69) is 5.32 Å². The summed E-state index contributed by atoms with van der Waals surface area (Å²) in [5, 5.41) is 3.03. The van der Waals surface area contributed by atoms with Crippen molar-refractivity contribution in [1.82, 2.24) is 10.2 Å². The summed E-state index contributed by atoms with van der Waals surface area (Å²) in [7, 11) is 4.52. The van der Waals surface area contributed by atoms with E-state index in [1.807, 2.05) is 0 Å². The van der Waals surface area contributed by atoms with E-state index in [4.69, 9.17) is 19.9 Å². The average molecular weight is 413 g/mol. The second-order valence-corrected chi connectivity index (χ2v) is 7.04. The van der Waals surface area contributed by atoms with Gasteiger partial charge in [0.2, 0.25) is 5.75 Å². The normalized spacial score (nSPS) is 14.2. The summed E-state index contributed by atoms with van der Waals surface area (Å²) in [4.78, 5) is 27.2. The Labute approximate surface area is 175 Å². The number of benzene rings is 2. The molecule has 0 radical (unpaired) electrons. The van der Waals surface area contributed by atoms with Gasteiger partial charge in [-0.2, -0.15) is 0 Å². The molecule has 1 aliphatic rings. The number of hydrogen-bond donors (Lipinski definition) is 2. The lowest BCUT2D eigenvalue weighted by Crippen LogP contribution is -2.46. The summed E-state index contributed by atoms with van der Waals surface area (Å²) in [6.45, 7) is 1.10. The number of ether oxygens (including phenoxy) is 3. The van der Waals surface area contributed by atoms with E-state index < -0.39 is 0 Å². The fourth-order valence-electron chi connectivity index (χ4n) is 3.57. The van der Waals surface area contributed by atoms with Gasteiger partial charge in [0.25, 0.3) is 11.8 Å². The summed E-state index contributed by atoms with van der Waals surface area (Å²) in [6.07, 6.45) is 1.32. The van der Waals surface area contributed by atoms with E-state index in [0.29, 0.717) is 60.0 Å². The van der Waals surface area contributed by atoms with Gasteiger partial charge in [0.15, 0.2) is 11.5 Å². The number of para-hydroxylation sites is 1. The molecule has 0 atom stereocenters. The van der Waals surface area contributed by atoms with Crippen LogP contribution in [0.2, 0.25) is 0 Å². The number of methoxy groups -OCH3 is 3. The fourth-order valence-corrected chi connectivity index (χ4v) is 3.57. The minimum Gasteiger partial charge on any atom is -0.493 e. The van der Waals surface area contributed by atoms with Crippen LogP contribution >= 0.6 is 0 Å². The first kappa shape index (κ1) is 21.3. The zero-order valence-electron chi connectivity index (χ0n) is 17.4. The molecule has 0 aliphatic carbocycles. The van der Waals surface area contributed by atoms with Crippen LogP contribution in [0.5, 0.6) is 17.2 Å². The summed E-state index contributed by atoms with van der Waals surface area (Å²) in [5.74, 6) is 0.961. The standard InChI is InChI=1S/C22H27N3O5/c1-28-18-12-14(13-19(29-2)20(18)30-3)21(26)24-15-8-10-25(11-9-15)22(27)16-6-4-5-7-17(16)23/h4-7,12-13,15H,8-11,23H2,1-3H3,(H,24,26). The number of nitrogens with two attached hydrogens (primary N) is 1. The third-order valence-corrected chi connectivity index (χ3v) is 5.24. The highest BCUT2D eigenvalue weighted by molar-refractivity contribution is 5.99. The highest BCUT2D eigenvalue weighted by Gasteiger charge is 2.26. The SMILES string of the molecule is COc1cc(C(=O)NC2CCN(C(=O)c3ccccc3N)CC2)cc(OC)c1OC. The first-order valence-corrected chi connectivity index (χ1v) is 9.73. The second kappa shape index (κ2) is 9.39. The maximum absolute atomic E-state index is 12.8. The number of likely N-dealkylation sites (tertiary alicyclic amines) is 1. The predicted octanol–water partition coefficient (Wildman–Crippen LogP) is 2.33. The van der Waals surface area contributed by atoms with Crippen LogP contribution in [0.15, 0.2) is 36.4 Å². The number of nitrogens with one attached hydrogen (secondary N) is 1. The molecule has 3 rings (SSSR count). The molecule has 0 unspecified atom stereocenters. The molecule has 3 N–H and O–H groups in total. The number of amides is 2. The zero-order chi connectivity index (χ0) is 21.7. The van der Waals surface area contributed by atoms with Crippen molar-refractivity contribution >= 4 is 17.5 Å². The number of carbonyl (C=O) groups excluding carboxylic acids is 2. The number of carbonyl (C=O) groups is 2. The monoisotopic (exact) mass is 413 g/mol. The van der Waals surface area contributed by atoms with Crippen molar-refractivity contribution in [2.24, 2.45) is 0 Å². The second-order valence-electron chi connectivity index (χ2n) is 7.04.